The van der Waals surface area contributed by atoms with Gasteiger partial charge in [0.05, 0.1) is 4.90 Å². The lowest BCUT2D eigenvalue weighted by atomic mass is 10.1. The van der Waals surface area contributed by atoms with Crippen LogP contribution in [0.15, 0.2) is 23.1 Å². The summed E-state index contributed by atoms with van der Waals surface area (Å²) in [7, 11) is -3.63. The number of fused-ring (bicyclic) bond motifs is 1. The summed E-state index contributed by atoms with van der Waals surface area (Å²) in [4.78, 5) is 11.9. The number of ether oxygens (including phenoxy) is 2. The third kappa shape index (κ3) is 3.12. The summed E-state index contributed by atoms with van der Waals surface area (Å²) in [5, 5.41) is 0. The van der Waals surface area contributed by atoms with E-state index < -0.39 is 15.6 Å². The van der Waals surface area contributed by atoms with Crippen molar-refractivity contribution in [3.63, 3.8) is 0 Å². The molecule has 0 N–H and O–H groups in total. The molecule has 20 heavy (non-hydrogen) atoms. The SMILES string of the molecule is CCC(C)C(=O)CS(=O)(=O)c1ccc2c(c1)OCCO2. The molecule has 1 aromatic carbocycles. The van der Waals surface area contributed by atoms with Crippen LogP contribution in [0.4, 0.5) is 0 Å². The van der Waals surface area contributed by atoms with E-state index in [-0.39, 0.29) is 16.6 Å². The quantitative estimate of drug-likeness (QED) is 0.829. The first-order valence-corrected chi connectivity index (χ1v) is 8.24. The van der Waals surface area contributed by atoms with E-state index in [1.807, 2.05) is 6.92 Å². The smallest absolute Gasteiger partial charge is 0.185 e. The molecule has 0 aromatic heterocycles. The maximum absolute atomic E-state index is 12.2. The number of ketones is 1. The van der Waals surface area contributed by atoms with Crippen molar-refractivity contribution >= 4 is 15.6 Å². The molecule has 1 aliphatic heterocycles. The number of carbonyl (C=O) groups excluding carboxylic acids is 1. The molecular formula is C14H18O5S. The number of hydrogen-bond acceptors (Lipinski definition) is 5. The number of benzene rings is 1. The summed E-state index contributed by atoms with van der Waals surface area (Å²) in [6.07, 6.45) is 0.634. The predicted octanol–water partition coefficient (Wildman–Crippen LogP) is 1.85. The maximum Gasteiger partial charge on any atom is 0.185 e. The van der Waals surface area contributed by atoms with Gasteiger partial charge in [-0.1, -0.05) is 13.8 Å². The molecule has 5 nitrogen and oxygen atoms in total. The fourth-order valence-corrected chi connectivity index (χ4v) is 3.25. The van der Waals surface area contributed by atoms with E-state index >= 15 is 0 Å². The van der Waals surface area contributed by atoms with Crippen molar-refractivity contribution in [3.05, 3.63) is 18.2 Å². The molecule has 0 fully saturated rings. The van der Waals surface area contributed by atoms with Crippen LogP contribution in [-0.2, 0) is 14.6 Å². The molecule has 1 aliphatic rings. The zero-order valence-corrected chi connectivity index (χ0v) is 12.4. The van der Waals surface area contributed by atoms with Crippen LogP contribution in [0.2, 0.25) is 0 Å². The van der Waals surface area contributed by atoms with Gasteiger partial charge in [0.2, 0.25) is 0 Å². The molecule has 0 amide bonds. The first-order valence-electron chi connectivity index (χ1n) is 6.59. The predicted molar refractivity (Wildman–Crippen MR) is 73.9 cm³/mol. The minimum Gasteiger partial charge on any atom is -0.486 e. The molecule has 0 saturated heterocycles. The lowest BCUT2D eigenvalue weighted by Crippen LogP contribution is -2.22. The van der Waals surface area contributed by atoms with Crippen LogP contribution in [0.1, 0.15) is 20.3 Å². The van der Waals surface area contributed by atoms with Crippen LogP contribution in [-0.4, -0.2) is 33.2 Å². The van der Waals surface area contributed by atoms with E-state index in [2.05, 4.69) is 0 Å². The van der Waals surface area contributed by atoms with Crippen molar-refractivity contribution < 1.29 is 22.7 Å². The molecule has 1 atom stereocenters. The summed E-state index contributed by atoms with van der Waals surface area (Å²) in [6, 6.07) is 4.44. The molecule has 0 radical (unpaired) electrons. The average molecular weight is 298 g/mol. The molecule has 2 rings (SSSR count). The van der Waals surface area contributed by atoms with Gasteiger partial charge in [-0.15, -0.1) is 0 Å². The van der Waals surface area contributed by atoms with E-state index in [0.717, 1.165) is 0 Å². The Morgan fingerprint density at radius 3 is 2.55 bits per heavy atom. The Kier molecular flexibility index (Phi) is 4.32. The Hall–Kier alpha value is -1.56. The second kappa shape index (κ2) is 5.83. The first kappa shape index (κ1) is 14.8. The molecule has 0 bridgehead atoms. The average Bonchev–Trinajstić information content (AvgIpc) is 2.45. The number of sulfone groups is 1. The van der Waals surface area contributed by atoms with Gasteiger partial charge in [0, 0.05) is 12.0 Å². The number of Topliss-reactive ketones (excluding diaryl/α,β-unsaturated/α-hetero) is 1. The van der Waals surface area contributed by atoms with Crippen molar-refractivity contribution in [1.29, 1.82) is 0 Å². The van der Waals surface area contributed by atoms with Crippen LogP contribution >= 0.6 is 0 Å². The fraction of sp³-hybridized carbons (Fsp3) is 0.500. The summed E-state index contributed by atoms with van der Waals surface area (Å²) in [5.74, 6) is -0.0390. The molecular weight excluding hydrogens is 280 g/mol. The largest absolute Gasteiger partial charge is 0.486 e. The third-order valence-electron chi connectivity index (χ3n) is 3.37. The van der Waals surface area contributed by atoms with Gasteiger partial charge in [-0.3, -0.25) is 4.79 Å². The minimum absolute atomic E-state index is 0.0957. The van der Waals surface area contributed by atoms with Gasteiger partial charge in [-0.2, -0.15) is 0 Å². The summed E-state index contributed by atoms with van der Waals surface area (Å²) in [5.41, 5.74) is 0. The van der Waals surface area contributed by atoms with Gasteiger partial charge in [-0.25, -0.2) is 8.42 Å². The van der Waals surface area contributed by atoms with Crippen LogP contribution in [0.5, 0.6) is 11.5 Å². The highest BCUT2D eigenvalue weighted by atomic mass is 32.2. The Morgan fingerprint density at radius 1 is 1.25 bits per heavy atom. The van der Waals surface area contributed by atoms with Crippen molar-refractivity contribution in [2.75, 3.05) is 19.0 Å². The highest BCUT2D eigenvalue weighted by Crippen LogP contribution is 2.32. The molecule has 1 unspecified atom stereocenters. The summed E-state index contributed by atoms with van der Waals surface area (Å²) >= 11 is 0. The standard InChI is InChI=1S/C14H18O5S/c1-3-10(2)12(15)9-20(16,17)11-4-5-13-14(8-11)19-7-6-18-13/h4-5,8,10H,3,6-7,9H2,1-2H3. The van der Waals surface area contributed by atoms with Gasteiger partial charge in [0.15, 0.2) is 27.1 Å². The summed E-state index contributed by atoms with van der Waals surface area (Å²) < 4.78 is 35.2. The Balaban J connectivity index is 2.23. The van der Waals surface area contributed by atoms with E-state index in [9.17, 15) is 13.2 Å². The maximum atomic E-state index is 12.2. The second-order valence-electron chi connectivity index (χ2n) is 4.84. The minimum atomic E-state index is -3.63. The first-order chi connectivity index (χ1) is 9.44. The highest BCUT2D eigenvalue weighted by Gasteiger charge is 2.24. The second-order valence-corrected chi connectivity index (χ2v) is 6.83. The van der Waals surface area contributed by atoms with Gasteiger partial charge in [-0.05, 0) is 18.6 Å². The van der Waals surface area contributed by atoms with Crippen molar-refractivity contribution in [3.8, 4) is 11.5 Å². The van der Waals surface area contributed by atoms with Crippen molar-refractivity contribution in [2.24, 2.45) is 5.92 Å². The Morgan fingerprint density at radius 2 is 1.90 bits per heavy atom. The van der Waals surface area contributed by atoms with Crippen molar-refractivity contribution in [1.82, 2.24) is 0 Å². The zero-order chi connectivity index (χ0) is 14.8. The Labute approximate surface area is 118 Å². The zero-order valence-electron chi connectivity index (χ0n) is 11.6. The van der Waals surface area contributed by atoms with Gasteiger partial charge in [0.25, 0.3) is 0 Å². The van der Waals surface area contributed by atoms with Gasteiger partial charge < -0.3 is 9.47 Å². The molecule has 1 heterocycles. The van der Waals surface area contributed by atoms with Crippen LogP contribution < -0.4 is 9.47 Å². The lowest BCUT2D eigenvalue weighted by molar-refractivity contribution is -0.119. The molecule has 0 spiro atoms. The summed E-state index contributed by atoms with van der Waals surface area (Å²) in [6.45, 7) is 4.44. The van der Waals surface area contributed by atoms with E-state index in [1.165, 1.54) is 12.1 Å². The van der Waals surface area contributed by atoms with E-state index in [1.54, 1.807) is 13.0 Å². The molecule has 0 saturated carbocycles. The van der Waals surface area contributed by atoms with Gasteiger partial charge >= 0.3 is 0 Å². The molecule has 1 aromatic rings. The number of carbonyl (C=O) groups is 1. The molecule has 6 heteroatoms. The van der Waals surface area contributed by atoms with Gasteiger partial charge in [0.1, 0.15) is 19.0 Å². The highest BCUT2D eigenvalue weighted by molar-refractivity contribution is 7.92. The number of hydrogen-bond donors (Lipinski definition) is 0. The molecule has 0 aliphatic carbocycles. The van der Waals surface area contributed by atoms with Crippen molar-refractivity contribution in [2.45, 2.75) is 25.2 Å². The topological polar surface area (TPSA) is 69.7 Å². The monoisotopic (exact) mass is 298 g/mol. The van der Waals surface area contributed by atoms with Crippen LogP contribution in [0.3, 0.4) is 0 Å². The lowest BCUT2D eigenvalue weighted by Gasteiger charge is -2.18. The van der Waals surface area contributed by atoms with Crippen LogP contribution in [0, 0.1) is 5.92 Å². The van der Waals surface area contributed by atoms with E-state index in [0.29, 0.717) is 31.1 Å². The normalized spacial score (nSPS) is 15.7. The molecule has 110 valence electrons. The number of rotatable bonds is 5. The Bertz CT molecular complexity index is 606. The van der Waals surface area contributed by atoms with Crippen LogP contribution in [0.25, 0.3) is 0 Å². The fourth-order valence-electron chi connectivity index (χ4n) is 1.86. The van der Waals surface area contributed by atoms with E-state index in [4.69, 9.17) is 9.47 Å². The third-order valence-corrected chi connectivity index (χ3v) is 5.00.